The molecule has 5 heteroatoms. The lowest BCUT2D eigenvalue weighted by Crippen LogP contribution is -2.28. The van der Waals surface area contributed by atoms with Crippen LogP contribution in [0.2, 0.25) is 0 Å². The lowest BCUT2D eigenvalue weighted by atomic mass is 10.2. The molecule has 1 aromatic carbocycles. The number of pyridine rings is 1. The Kier molecular flexibility index (Phi) is 6.41. The van der Waals surface area contributed by atoms with E-state index in [2.05, 4.69) is 17.2 Å². The largest absolute Gasteiger partial charge is 0.484 e. The molecule has 0 bridgehead atoms. The normalized spacial score (nSPS) is 10.2. The molecular formula is C18H22N2O3. The summed E-state index contributed by atoms with van der Waals surface area (Å²) in [6, 6.07) is 11.4. The molecule has 0 fully saturated rings. The highest BCUT2D eigenvalue weighted by Crippen LogP contribution is 2.15. The molecule has 1 aromatic heterocycles. The minimum absolute atomic E-state index is 0.0165. The SMILES string of the molecule is CCOc1ncccc1CNC(=O)COc1cccc(CC)c1. The summed E-state index contributed by atoms with van der Waals surface area (Å²) < 4.78 is 10.9. The van der Waals surface area contributed by atoms with Gasteiger partial charge in [0.05, 0.1) is 6.61 Å². The lowest BCUT2D eigenvalue weighted by molar-refractivity contribution is -0.123. The van der Waals surface area contributed by atoms with Crippen molar-refractivity contribution in [2.75, 3.05) is 13.2 Å². The summed E-state index contributed by atoms with van der Waals surface area (Å²) >= 11 is 0. The first kappa shape index (κ1) is 16.8. The number of ether oxygens (including phenoxy) is 2. The molecule has 1 amide bonds. The van der Waals surface area contributed by atoms with Crippen LogP contribution in [0.1, 0.15) is 25.0 Å². The van der Waals surface area contributed by atoms with Crippen molar-refractivity contribution in [3.05, 3.63) is 53.7 Å². The number of rotatable bonds is 8. The Morgan fingerprint density at radius 2 is 2.04 bits per heavy atom. The second kappa shape index (κ2) is 8.78. The van der Waals surface area contributed by atoms with E-state index in [0.29, 0.717) is 24.8 Å². The van der Waals surface area contributed by atoms with Crippen LogP contribution < -0.4 is 14.8 Å². The Labute approximate surface area is 136 Å². The molecule has 1 N–H and O–H groups in total. The Bertz CT molecular complexity index is 644. The Morgan fingerprint density at radius 3 is 2.83 bits per heavy atom. The number of hydrogen-bond acceptors (Lipinski definition) is 4. The number of carbonyl (C=O) groups is 1. The second-order valence-electron chi connectivity index (χ2n) is 4.97. The van der Waals surface area contributed by atoms with E-state index in [4.69, 9.17) is 9.47 Å². The smallest absolute Gasteiger partial charge is 0.258 e. The average molecular weight is 314 g/mol. The third kappa shape index (κ3) is 5.29. The van der Waals surface area contributed by atoms with Gasteiger partial charge in [0, 0.05) is 18.3 Å². The highest BCUT2D eigenvalue weighted by atomic mass is 16.5. The molecule has 5 nitrogen and oxygen atoms in total. The van der Waals surface area contributed by atoms with Crippen molar-refractivity contribution < 1.29 is 14.3 Å². The zero-order valence-corrected chi connectivity index (χ0v) is 13.5. The summed E-state index contributed by atoms with van der Waals surface area (Å²) in [5, 5.41) is 2.81. The van der Waals surface area contributed by atoms with Gasteiger partial charge in [-0.25, -0.2) is 4.98 Å². The van der Waals surface area contributed by atoms with Crippen molar-refractivity contribution >= 4 is 5.91 Å². The van der Waals surface area contributed by atoms with Crippen molar-refractivity contribution in [3.63, 3.8) is 0 Å². The zero-order valence-electron chi connectivity index (χ0n) is 13.5. The van der Waals surface area contributed by atoms with Crippen LogP contribution in [0.3, 0.4) is 0 Å². The Hall–Kier alpha value is -2.56. The quantitative estimate of drug-likeness (QED) is 0.814. The molecule has 122 valence electrons. The number of hydrogen-bond donors (Lipinski definition) is 1. The number of nitrogens with one attached hydrogen (secondary N) is 1. The molecule has 1 heterocycles. The molecule has 0 aliphatic rings. The van der Waals surface area contributed by atoms with Crippen molar-refractivity contribution in [1.82, 2.24) is 10.3 Å². The van der Waals surface area contributed by atoms with E-state index in [1.807, 2.05) is 43.3 Å². The number of benzene rings is 1. The molecule has 0 saturated heterocycles. The Balaban J connectivity index is 1.83. The van der Waals surface area contributed by atoms with E-state index in [1.165, 1.54) is 5.56 Å². The van der Waals surface area contributed by atoms with Gasteiger partial charge < -0.3 is 14.8 Å². The first-order valence-electron chi connectivity index (χ1n) is 7.78. The summed E-state index contributed by atoms with van der Waals surface area (Å²) in [5.41, 5.74) is 2.02. The standard InChI is InChI=1S/C18H22N2O3/c1-3-14-7-5-9-16(11-14)23-13-17(21)20-12-15-8-6-10-19-18(15)22-4-2/h5-11H,3-4,12-13H2,1-2H3,(H,20,21). The summed E-state index contributed by atoms with van der Waals surface area (Å²) in [4.78, 5) is 16.1. The Morgan fingerprint density at radius 1 is 1.17 bits per heavy atom. The lowest BCUT2D eigenvalue weighted by Gasteiger charge is -2.11. The van der Waals surface area contributed by atoms with Crippen LogP contribution in [-0.4, -0.2) is 24.1 Å². The number of amides is 1. The fourth-order valence-corrected chi connectivity index (χ4v) is 2.07. The summed E-state index contributed by atoms with van der Waals surface area (Å²) in [7, 11) is 0. The van der Waals surface area contributed by atoms with Gasteiger partial charge in [0.25, 0.3) is 5.91 Å². The molecule has 0 unspecified atom stereocenters. The van der Waals surface area contributed by atoms with Crippen molar-refractivity contribution in [1.29, 1.82) is 0 Å². The number of aryl methyl sites for hydroxylation is 1. The van der Waals surface area contributed by atoms with Crippen LogP contribution in [0.5, 0.6) is 11.6 Å². The monoisotopic (exact) mass is 314 g/mol. The van der Waals surface area contributed by atoms with Crippen LogP contribution in [0.15, 0.2) is 42.6 Å². The van der Waals surface area contributed by atoms with Gasteiger partial charge in [-0.1, -0.05) is 25.1 Å². The topological polar surface area (TPSA) is 60.5 Å². The molecule has 2 aromatic rings. The van der Waals surface area contributed by atoms with Crippen molar-refractivity contribution in [2.24, 2.45) is 0 Å². The number of carbonyl (C=O) groups excluding carboxylic acids is 1. The molecule has 0 saturated carbocycles. The van der Waals surface area contributed by atoms with E-state index >= 15 is 0 Å². The first-order chi connectivity index (χ1) is 11.2. The molecule has 0 spiro atoms. The van der Waals surface area contributed by atoms with Crippen molar-refractivity contribution in [3.8, 4) is 11.6 Å². The van der Waals surface area contributed by atoms with Gasteiger partial charge in [0.15, 0.2) is 6.61 Å². The van der Waals surface area contributed by atoms with E-state index < -0.39 is 0 Å². The summed E-state index contributed by atoms with van der Waals surface area (Å²) in [6.45, 7) is 4.86. The molecule has 23 heavy (non-hydrogen) atoms. The van der Waals surface area contributed by atoms with Gasteiger partial charge in [-0.3, -0.25) is 4.79 Å². The fourth-order valence-electron chi connectivity index (χ4n) is 2.07. The molecule has 0 radical (unpaired) electrons. The highest BCUT2D eigenvalue weighted by Gasteiger charge is 2.07. The van der Waals surface area contributed by atoms with Gasteiger partial charge in [-0.15, -0.1) is 0 Å². The second-order valence-corrected chi connectivity index (χ2v) is 4.97. The third-order valence-corrected chi connectivity index (χ3v) is 3.28. The van der Waals surface area contributed by atoms with Crippen LogP contribution in [0.25, 0.3) is 0 Å². The van der Waals surface area contributed by atoms with E-state index in [-0.39, 0.29) is 12.5 Å². The number of nitrogens with zero attached hydrogens (tertiary/aromatic N) is 1. The van der Waals surface area contributed by atoms with Gasteiger partial charge in [-0.2, -0.15) is 0 Å². The van der Waals surface area contributed by atoms with Gasteiger partial charge in [-0.05, 0) is 37.1 Å². The van der Waals surface area contributed by atoms with E-state index in [1.54, 1.807) is 6.20 Å². The first-order valence-corrected chi connectivity index (χ1v) is 7.78. The molecule has 0 aliphatic carbocycles. The fraction of sp³-hybridized carbons (Fsp3) is 0.333. The maximum atomic E-state index is 11.9. The molecular weight excluding hydrogens is 292 g/mol. The third-order valence-electron chi connectivity index (χ3n) is 3.28. The average Bonchev–Trinajstić information content (AvgIpc) is 2.59. The summed E-state index contributed by atoms with van der Waals surface area (Å²) in [5.74, 6) is 1.07. The predicted molar refractivity (Wildman–Crippen MR) is 88.6 cm³/mol. The van der Waals surface area contributed by atoms with Crippen molar-refractivity contribution in [2.45, 2.75) is 26.8 Å². The van der Waals surface area contributed by atoms with Gasteiger partial charge >= 0.3 is 0 Å². The van der Waals surface area contributed by atoms with Crippen LogP contribution in [-0.2, 0) is 17.8 Å². The highest BCUT2D eigenvalue weighted by molar-refractivity contribution is 5.77. The van der Waals surface area contributed by atoms with Crippen LogP contribution in [0, 0.1) is 0 Å². The van der Waals surface area contributed by atoms with Gasteiger partial charge in [0.1, 0.15) is 5.75 Å². The van der Waals surface area contributed by atoms with E-state index in [9.17, 15) is 4.79 Å². The van der Waals surface area contributed by atoms with Crippen LogP contribution in [0.4, 0.5) is 0 Å². The van der Waals surface area contributed by atoms with E-state index in [0.717, 1.165) is 12.0 Å². The molecule has 2 rings (SSSR count). The maximum Gasteiger partial charge on any atom is 0.258 e. The minimum atomic E-state index is -0.182. The zero-order chi connectivity index (χ0) is 16.5. The predicted octanol–water partition coefficient (Wildman–Crippen LogP) is 2.74. The maximum absolute atomic E-state index is 11.9. The van der Waals surface area contributed by atoms with Crippen LogP contribution >= 0.6 is 0 Å². The molecule has 0 atom stereocenters. The number of aromatic nitrogens is 1. The van der Waals surface area contributed by atoms with Gasteiger partial charge in [0.2, 0.25) is 5.88 Å². The minimum Gasteiger partial charge on any atom is -0.484 e. The summed E-state index contributed by atoms with van der Waals surface area (Å²) in [6.07, 6.45) is 2.60. The molecule has 0 aliphatic heterocycles.